The first-order chi connectivity index (χ1) is 9.20. The zero-order valence-electron chi connectivity index (χ0n) is 12.5. The first-order valence-electron chi connectivity index (χ1n) is 6.86. The molecule has 2 rings (SSSR count). The first-order valence-corrected chi connectivity index (χ1v) is 6.86. The lowest BCUT2D eigenvalue weighted by molar-refractivity contribution is -0.123. The third-order valence-corrected chi connectivity index (χ3v) is 3.53. The molecular formula is C13H25Cl2N5O. The van der Waals surface area contributed by atoms with Gasteiger partial charge in [-0.25, -0.2) is 0 Å². The van der Waals surface area contributed by atoms with Gasteiger partial charge in [-0.1, -0.05) is 0 Å². The highest BCUT2D eigenvalue weighted by Crippen LogP contribution is 2.11. The highest BCUT2D eigenvalue weighted by Gasteiger charge is 2.20. The van der Waals surface area contributed by atoms with Crippen molar-refractivity contribution in [1.29, 1.82) is 0 Å². The van der Waals surface area contributed by atoms with Crippen LogP contribution < -0.4 is 10.6 Å². The van der Waals surface area contributed by atoms with Crippen LogP contribution in [0.3, 0.4) is 0 Å². The molecule has 0 aliphatic carbocycles. The van der Waals surface area contributed by atoms with Crippen molar-refractivity contribution < 1.29 is 4.79 Å². The van der Waals surface area contributed by atoms with Gasteiger partial charge in [0.1, 0.15) is 6.04 Å². The zero-order valence-corrected chi connectivity index (χ0v) is 14.2. The Labute approximate surface area is 138 Å². The van der Waals surface area contributed by atoms with E-state index in [1.165, 1.54) is 12.8 Å². The van der Waals surface area contributed by atoms with Crippen LogP contribution in [-0.2, 0) is 11.8 Å². The lowest BCUT2D eigenvalue weighted by Gasteiger charge is -2.17. The SMILES string of the molecule is CNC(C(=O)NCCN1CCCC1)c1cnn(C)c1.Cl.Cl. The summed E-state index contributed by atoms with van der Waals surface area (Å²) in [5, 5.41) is 10.1. The number of aromatic nitrogens is 2. The van der Waals surface area contributed by atoms with Gasteiger partial charge in [-0.05, 0) is 33.0 Å². The minimum absolute atomic E-state index is 0. The van der Waals surface area contributed by atoms with Crippen LogP contribution in [0.1, 0.15) is 24.4 Å². The lowest BCUT2D eigenvalue weighted by Crippen LogP contribution is -2.39. The number of hydrogen-bond donors (Lipinski definition) is 2. The van der Waals surface area contributed by atoms with Gasteiger partial charge in [-0.2, -0.15) is 5.10 Å². The van der Waals surface area contributed by atoms with E-state index < -0.39 is 0 Å². The molecule has 1 aliphatic heterocycles. The Morgan fingerprint density at radius 3 is 2.57 bits per heavy atom. The number of halogens is 2. The van der Waals surface area contributed by atoms with Gasteiger partial charge >= 0.3 is 0 Å². The Morgan fingerprint density at radius 1 is 1.38 bits per heavy atom. The number of nitrogens with one attached hydrogen (secondary N) is 2. The number of amides is 1. The normalized spacial score (nSPS) is 15.9. The zero-order chi connectivity index (χ0) is 13.7. The van der Waals surface area contributed by atoms with E-state index in [-0.39, 0.29) is 36.8 Å². The molecule has 21 heavy (non-hydrogen) atoms. The first kappa shape index (κ1) is 20.2. The molecule has 1 aromatic heterocycles. The monoisotopic (exact) mass is 337 g/mol. The Balaban J connectivity index is 0.00000200. The molecule has 0 saturated carbocycles. The summed E-state index contributed by atoms with van der Waals surface area (Å²) in [5.41, 5.74) is 0.892. The minimum atomic E-state index is -0.327. The molecule has 1 saturated heterocycles. The molecule has 1 atom stereocenters. The van der Waals surface area contributed by atoms with Crippen LogP contribution >= 0.6 is 24.8 Å². The molecule has 2 heterocycles. The molecule has 1 fully saturated rings. The second-order valence-corrected chi connectivity index (χ2v) is 5.01. The van der Waals surface area contributed by atoms with Gasteiger partial charge in [0, 0.05) is 31.9 Å². The topological polar surface area (TPSA) is 62.2 Å². The minimum Gasteiger partial charge on any atom is -0.353 e. The number of likely N-dealkylation sites (N-methyl/N-ethyl adjacent to an activating group) is 1. The van der Waals surface area contributed by atoms with Gasteiger partial charge in [-0.3, -0.25) is 9.48 Å². The summed E-state index contributed by atoms with van der Waals surface area (Å²) >= 11 is 0. The highest BCUT2D eigenvalue weighted by atomic mass is 35.5. The Morgan fingerprint density at radius 2 is 2.05 bits per heavy atom. The molecule has 1 aliphatic rings. The largest absolute Gasteiger partial charge is 0.353 e. The maximum atomic E-state index is 12.1. The Bertz CT molecular complexity index is 420. The number of likely N-dealkylation sites (tertiary alicyclic amines) is 1. The quantitative estimate of drug-likeness (QED) is 0.803. The van der Waals surface area contributed by atoms with Crippen LogP contribution in [0.15, 0.2) is 12.4 Å². The average molecular weight is 338 g/mol. The molecule has 0 spiro atoms. The van der Waals surface area contributed by atoms with Gasteiger partial charge in [0.15, 0.2) is 0 Å². The van der Waals surface area contributed by atoms with Crippen molar-refractivity contribution in [3.63, 3.8) is 0 Å². The third kappa shape index (κ3) is 5.82. The van der Waals surface area contributed by atoms with E-state index in [4.69, 9.17) is 0 Å². The van der Waals surface area contributed by atoms with E-state index >= 15 is 0 Å². The van der Waals surface area contributed by atoms with Crippen LogP contribution in [0.2, 0.25) is 0 Å². The van der Waals surface area contributed by atoms with Crippen molar-refractivity contribution in [1.82, 2.24) is 25.3 Å². The fraction of sp³-hybridized carbons (Fsp3) is 0.692. The number of carbonyl (C=O) groups is 1. The number of nitrogens with zero attached hydrogens (tertiary/aromatic N) is 3. The van der Waals surface area contributed by atoms with Gasteiger partial charge in [0.05, 0.1) is 6.20 Å². The number of rotatable bonds is 6. The Hall–Kier alpha value is -0.820. The number of hydrogen-bond acceptors (Lipinski definition) is 4. The smallest absolute Gasteiger partial charge is 0.241 e. The highest BCUT2D eigenvalue weighted by molar-refractivity contribution is 5.85. The maximum absolute atomic E-state index is 12.1. The van der Waals surface area contributed by atoms with Gasteiger partial charge < -0.3 is 15.5 Å². The fourth-order valence-electron chi connectivity index (χ4n) is 2.48. The summed E-state index contributed by atoms with van der Waals surface area (Å²) in [4.78, 5) is 14.5. The summed E-state index contributed by atoms with van der Waals surface area (Å²) < 4.78 is 1.71. The molecule has 2 N–H and O–H groups in total. The van der Waals surface area contributed by atoms with E-state index in [1.54, 1.807) is 17.9 Å². The molecule has 8 heteroatoms. The van der Waals surface area contributed by atoms with E-state index in [2.05, 4.69) is 20.6 Å². The molecule has 0 bridgehead atoms. The predicted molar refractivity (Wildman–Crippen MR) is 88.2 cm³/mol. The Kier molecular flexibility index (Phi) is 9.61. The fourth-order valence-corrected chi connectivity index (χ4v) is 2.48. The molecule has 0 radical (unpaired) electrons. The van der Waals surface area contributed by atoms with E-state index in [0.717, 1.165) is 25.2 Å². The summed E-state index contributed by atoms with van der Waals surface area (Å²) in [6.45, 7) is 3.97. The molecule has 1 unspecified atom stereocenters. The van der Waals surface area contributed by atoms with Crippen molar-refractivity contribution in [2.24, 2.45) is 7.05 Å². The second-order valence-electron chi connectivity index (χ2n) is 5.01. The molecule has 122 valence electrons. The van der Waals surface area contributed by atoms with Gasteiger partial charge in [0.25, 0.3) is 0 Å². The van der Waals surface area contributed by atoms with Crippen LogP contribution in [-0.4, -0.2) is 53.8 Å². The standard InChI is InChI=1S/C13H23N5O.2ClH/c1-14-12(11-9-16-17(2)10-11)13(19)15-5-8-18-6-3-4-7-18;;/h9-10,12,14H,3-8H2,1-2H3,(H,15,19);2*1H. The summed E-state index contributed by atoms with van der Waals surface area (Å²) in [6.07, 6.45) is 6.15. The summed E-state index contributed by atoms with van der Waals surface area (Å²) in [5.74, 6) is 0.00898. The molecular weight excluding hydrogens is 313 g/mol. The van der Waals surface area contributed by atoms with E-state index in [1.807, 2.05) is 13.2 Å². The van der Waals surface area contributed by atoms with Crippen LogP contribution in [0.4, 0.5) is 0 Å². The van der Waals surface area contributed by atoms with Gasteiger partial charge in [-0.15, -0.1) is 24.8 Å². The molecule has 0 aromatic carbocycles. The average Bonchev–Trinajstić information content (AvgIpc) is 3.02. The van der Waals surface area contributed by atoms with E-state index in [9.17, 15) is 4.79 Å². The second kappa shape index (κ2) is 10.00. The predicted octanol–water partition coefficient (Wildman–Crippen LogP) is 0.736. The lowest BCUT2D eigenvalue weighted by atomic mass is 10.1. The van der Waals surface area contributed by atoms with Crippen molar-refractivity contribution in [3.05, 3.63) is 18.0 Å². The maximum Gasteiger partial charge on any atom is 0.241 e. The summed E-state index contributed by atoms with van der Waals surface area (Å²) in [7, 11) is 3.64. The van der Waals surface area contributed by atoms with Crippen molar-refractivity contribution in [2.45, 2.75) is 18.9 Å². The molecule has 1 amide bonds. The molecule has 1 aromatic rings. The summed E-state index contributed by atoms with van der Waals surface area (Å²) in [6, 6.07) is -0.327. The van der Waals surface area contributed by atoms with Crippen LogP contribution in [0, 0.1) is 0 Å². The van der Waals surface area contributed by atoms with E-state index in [0.29, 0.717) is 6.54 Å². The van der Waals surface area contributed by atoms with Crippen LogP contribution in [0.25, 0.3) is 0 Å². The van der Waals surface area contributed by atoms with Crippen molar-refractivity contribution in [2.75, 3.05) is 33.2 Å². The number of aryl methyl sites for hydroxylation is 1. The van der Waals surface area contributed by atoms with Crippen molar-refractivity contribution in [3.8, 4) is 0 Å². The van der Waals surface area contributed by atoms with Gasteiger partial charge in [0.2, 0.25) is 5.91 Å². The number of carbonyl (C=O) groups excluding carboxylic acids is 1. The van der Waals surface area contributed by atoms with Crippen LogP contribution in [0.5, 0.6) is 0 Å². The molecule has 6 nitrogen and oxygen atoms in total. The van der Waals surface area contributed by atoms with Crippen molar-refractivity contribution >= 4 is 30.7 Å². The third-order valence-electron chi connectivity index (χ3n) is 3.53.